The largest absolute Gasteiger partial charge is 0.508 e. The lowest BCUT2D eigenvalue weighted by Gasteiger charge is -2.19. The van der Waals surface area contributed by atoms with Gasteiger partial charge in [0.2, 0.25) is 5.91 Å². The van der Waals surface area contributed by atoms with E-state index >= 15 is 0 Å². The Morgan fingerprint density at radius 3 is 3.12 bits per heavy atom. The van der Waals surface area contributed by atoms with Gasteiger partial charge in [-0.15, -0.1) is 0 Å². The van der Waals surface area contributed by atoms with Crippen LogP contribution in [0, 0.1) is 0 Å². The number of hydrogen-bond donors (Lipinski definition) is 3. The number of fused-ring (bicyclic) bond motifs is 1. The van der Waals surface area contributed by atoms with Crippen LogP contribution in [-0.4, -0.2) is 17.1 Å². The predicted octanol–water partition coefficient (Wildman–Crippen LogP) is 1.23. The van der Waals surface area contributed by atoms with Crippen molar-refractivity contribution in [1.82, 2.24) is 5.32 Å². The molecule has 2 unspecified atom stereocenters. The Hall–Kier alpha value is -1.55. The first-order valence-electron chi connectivity index (χ1n) is 5.92. The lowest BCUT2D eigenvalue weighted by atomic mass is 10.1. The van der Waals surface area contributed by atoms with Crippen molar-refractivity contribution in [2.45, 2.75) is 38.3 Å². The molecule has 0 aliphatic heterocycles. The number of carbonyl (C=O) groups is 1. The van der Waals surface area contributed by atoms with E-state index in [1.54, 1.807) is 6.07 Å². The number of benzene rings is 1. The number of phenolic OH excluding ortho intramolecular Hbond substituents is 1. The van der Waals surface area contributed by atoms with Gasteiger partial charge in [0.1, 0.15) is 5.75 Å². The van der Waals surface area contributed by atoms with Crippen molar-refractivity contribution in [3.05, 3.63) is 29.3 Å². The van der Waals surface area contributed by atoms with Crippen molar-refractivity contribution < 1.29 is 9.90 Å². The van der Waals surface area contributed by atoms with Crippen molar-refractivity contribution >= 4 is 5.91 Å². The average Bonchev–Trinajstić information content (AvgIpc) is 2.59. The van der Waals surface area contributed by atoms with E-state index < -0.39 is 0 Å². The van der Waals surface area contributed by atoms with E-state index in [9.17, 15) is 9.90 Å². The molecule has 0 aromatic heterocycles. The first kappa shape index (κ1) is 11.9. The Labute approximate surface area is 101 Å². The monoisotopic (exact) mass is 234 g/mol. The molecule has 4 N–H and O–H groups in total. The predicted molar refractivity (Wildman–Crippen MR) is 65.6 cm³/mol. The summed E-state index contributed by atoms with van der Waals surface area (Å²) < 4.78 is 0. The second-order valence-electron chi connectivity index (χ2n) is 4.71. The van der Waals surface area contributed by atoms with Crippen LogP contribution in [0.1, 0.15) is 36.9 Å². The Morgan fingerprint density at radius 2 is 2.41 bits per heavy atom. The number of carbonyl (C=O) groups excluding carboxylic acids is 1. The smallest absolute Gasteiger partial charge is 0.218 e. The molecule has 0 radical (unpaired) electrons. The number of hydrogen-bond acceptors (Lipinski definition) is 3. The molecule has 1 aromatic rings. The van der Waals surface area contributed by atoms with Crippen LogP contribution in [0.4, 0.5) is 0 Å². The van der Waals surface area contributed by atoms with Gasteiger partial charge in [-0.05, 0) is 43.0 Å². The summed E-state index contributed by atoms with van der Waals surface area (Å²) in [6.07, 6.45) is 2.32. The third kappa shape index (κ3) is 2.77. The van der Waals surface area contributed by atoms with E-state index in [0.29, 0.717) is 12.2 Å². The summed E-state index contributed by atoms with van der Waals surface area (Å²) in [5.41, 5.74) is 7.58. The molecular weight excluding hydrogens is 216 g/mol. The third-order valence-corrected chi connectivity index (χ3v) is 3.20. The van der Waals surface area contributed by atoms with Gasteiger partial charge in [-0.25, -0.2) is 0 Å². The maximum Gasteiger partial charge on any atom is 0.218 e. The minimum Gasteiger partial charge on any atom is -0.508 e. The molecule has 2 rings (SSSR count). The van der Waals surface area contributed by atoms with Crippen LogP contribution in [0.25, 0.3) is 0 Å². The van der Waals surface area contributed by atoms with Crippen molar-refractivity contribution in [2.24, 2.45) is 5.73 Å². The van der Waals surface area contributed by atoms with Crippen molar-refractivity contribution in [1.29, 1.82) is 0 Å². The topological polar surface area (TPSA) is 75.4 Å². The number of nitrogens with two attached hydrogens (primary N) is 1. The van der Waals surface area contributed by atoms with Crippen LogP contribution in [0.15, 0.2) is 18.2 Å². The fourth-order valence-electron chi connectivity index (χ4n) is 2.48. The van der Waals surface area contributed by atoms with Gasteiger partial charge >= 0.3 is 0 Å². The van der Waals surface area contributed by atoms with Crippen molar-refractivity contribution in [3.8, 4) is 5.75 Å². The zero-order valence-electron chi connectivity index (χ0n) is 9.94. The molecule has 4 nitrogen and oxygen atoms in total. The normalized spacial score (nSPS) is 19.9. The lowest BCUT2D eigenvalue weighted by molar-refractivity contribution is -0.118. The Morgan fingerprint density at radius 1 is 1.65 bits per heavy atom. The maximum atomic E-state index is 10.8. The molecular formula is C13H18N2O2. The number of amides is 1. The highest BCUT2D eigenvalue weighted by atomic mass is 16.3. The zero-order valence-corrected chi connectivity index (χ0v) is 9.94. The SMILES string of the molecule is CC(CC(N)=O)NC1CCc2cc(O)ccc21. The van der Waals surface area contributed by atoms with Crippen molar-refractivity contribution in [3.63, 3.8) is 0 Å². The fourth-order valence-corrected chi connectivity index (χ4v) is 2.48. The molecule has 17 heavy (non-hydrogen) atoms. The van der Waals surface area contributed by atoms with Gasteiger partial charge in [0.25, 0.3) is 0 Å². The molecule has 0 bridgehead atoms. The molecule has 0 spiro atoms. The number of nitrogens with one attached hydrogen (secondary N) is 1. The van der Waals surface area contributed by atoms with Gasteiger partial charge in [-0.2, -0.15) is 0 Å². The molecule has 0 saturated heterocycles. The Bertz CT molecular complexity index is 431. The molecule has 1 amide bonds. The average molecular weight is 234 g/mol. The van der Waals surface area contributed by atoms with Crippen molar-refractivity contribution in [2.75, 3.05) is 0 Å². The third-order valence-electron chi connectivity index (χ3n) is 3.20. The molecule has 1 aliphatic rings. The molecule has 0 fully saturated rings. The van der Waals surface area contributed by atoms with Crippen LogP contribution in [-0.2, 0) is 11.2 Å². The van der Waals surface area contributed by atoms with Gasteiger partial charge in [0.05, 0.1) is 0 Å². The molecule has 2 atom stereocenters. The number of primary amides is 1. The molecule has 1 aliphatic carbocycles. The number of rotatable bonds is 4. The summed E-state index contributed by atoms with van der Waals surface area (Å²) in [4.78, 5) is 10.8. The summed E-state index contributed by atoms with van der Waals surface area (Å²) in [7, 11) is 0. The Kier molecular flexibility index (Phi) is 3.33. The van der Waals surface area contributed by atoms with E-state index in [-0.39, 0.29) is 18.0 Å². The summed E-state index contributed by atoms with van der Waals surface area (Å²) in [5, 5.41) is 12.8. The van der Waals surface area contributed by atoms with Crippen LogP contribution >= 0.6 is 0 Å². The lowest BCUT2D eigenvalue weighted by Crippen LogP contribution is -2.33. The minimum absolute atomic E-state index is 0.0808. The molecule has 0 heterocycles. The summed E-state index contributed by atoms with van der Waals surface area (Å²) in [5.74, 6) is 0.0310. The van der Waals surface area contributed by atoms with E-state index in [0.717, 1.165) is 12.8 Å². The second-order valence-corrected chi connectivity index (χ2v) is 4.71. The fraction of sp³-hybridized carbons (Fsp3) is 0.462. The zero-order chi connectivity index (χ0) is 12.4. The van der Waals surface area contributed by atoms with Gasteiger partial charge in [0.15, 0.2) is 0 Å². The van der Waals surface area contributed by atoms with Gasteiger partial charge in [-0.3, -0.25) is 4.79 Å². The van der Waals surface area contributed by atoms with Crippen LogP contribution < -0.4 is 11.1 Å². The number of aryl methyl sites for hydroxylation is 1. The van der Waals surface area contributed by atoms with E-state index in [1.165, 1.54) is 11.1 Å². The van der Waals surface area contributed by atoms with Gasteiger partial charge < -0.3 is 16.2 Å². The van der Waals surface area contributed by atoms with Gasteiger partial charge in [-0.1, -0.05) is 6.07 Å². The molecule has 92 valence electrons. The minimum atomic E-state index is -0.283. The standard InChI is InChI=1S/C13H18N2O2/c1-8(6-13(14)17)15-12-5-2-9-7-10(16)3-4-11(9)12/h3-4,7-8,12,15-16H,2,5-6H2,1H3,(H2,14,17). The number of phenols is 1. The highest BCUT2D eigenvalue weighted by molar-refractivity contribution is 5.74. The van der Waals surface area contributed by atoms with E-state index in [2.05, 4.69) is 5.32 Å². The molecule has 4 heteroatoms. The molecule has 0 saturated carbocycles. The second kappa shape index (κ2) is 4.75. The first-order valence-corrected chi connectivity index (χ1v) is 5.92. The first-order chi connectivity index (χ1) is 8.06. The van der Waals surface area contributed by atoms with Crippen LogP contribution in [0.2, 0.25) is 0 Å². The van der Waals surface area contributed by atoms with E-state index in [1.807, 2.05) is 19.1 Å². The van der Waals surface area contributed by atoms with E-state index in [4.69, 9.17) is 5.73 Å². The Balaban J connectivity index is 2.04. The highest BCUT2D eigenvalue weighted by Gasteiger charge is 2.24. The summed E-state index contributed by atoms with van der Waals surface area (Å²) in [6, 6.07) is 5.82. The van der Waals surface area contributed by atoms with Crippen LogP contribution in [0.3, 0.4) is 0 Å². The van der Waals surface area contributed by atoms with Gasteiger partial charge in [0, 0.05) is 18.5 Å². The maximum absolute atomic E-state index is 10.8. The number of aromatic hydroxyl groups is 1. The van der Waals surface area contributed by atoms with Crippen LogP contribution in [0.5, 0.6) is 5.75 Å². The summed E-state index contributed by atoms with van der Waals surface area (Å²) >= 11 is 0. The molecule has 1 aromatic carbocycles. The quantitative estimate of drug-likeness (QED) is 0.733. The highest BCUT2D eigenvalue weighted by Crippen LogP contribution is 2.33. The summed E-state index contributed by atoms with van der Waals surface area (Å²) in [6.45, 7) is 1.96.